The Morgan fingerprint density at radius 1 is 1.08 bits per heavy atom. The van der Waals surface area contributed by atoms with Crippen molar-refractivity contribution in [3.05, 3.63) is 53.8 Å². The van der Waals surface area contributed by atoms with Crippen molar-refractivity contribution >= 4 is 0 Å². The molecule has 26 heavy (non-hydrogen) atoms. The molecule has 4 nitrogen and oxygen atoms in total. The predicted molar refractivity (Wildman–Crippen MR) is 102 cm³/mol. The number of ether oxygens (including phenoxy) is 1. The molecule has 0 atom stereocenters. The van der Waals surface area contributed by atoms with Crippen LogP contribution >= 0.6 is 0 Å². The van der Waals surface area contributed by atoms with E-state index < -0.39 is 5.54 Å². The molecule has 2 rings (SSSR count). The van der Waals surface area contributed by atoms with E-state index in [1.165, 1.54) is 6.07 Å². The lowest BCUT2D eigenvalue weighted by Gasteiger charge is -2.24. The first-order valence-electron chi connectivity index (χ1n) is 9.03. The SMILES string of the molecule is CCCCOc1ccc(-c2ccc(CCC(N)(CO)CO)cc2)c(F)c1. The highest BCUT2D eigenvalue weighted by atomic mass is 19.1. The smallest absolute Gasteiger partial charge is 0.134 e. The second-order valence-corrected chi connectivity index (χ2v) is 6.72. The fraction of sp³-hybridized carbons (Fsp3) is 0.429. The third-order valence-corrected chi connectivity index (χ3v) is 4.51. The maximum absolute atomic E-state index is 14.4. The molecule has 142 valence electrons. The summed E-state index contributed by atoms with van der Waals surface area (Å²) in [5, 5.41) is 18.5. The monoisotopic (exact) mass is 361 g/mol. The second-order valence-electron chi connectivity index (χ2n) is 6.72. The maximum atomic E-state index is 14.4. The van der Waals surface area contributed by atoms with Crippen LogP contribution in [-0.4, -0.2) is 35.6 Å². The summed E-state index contributed by atoms with van der Waals surface area (Å²) in [5.41, 5.74) is 7.24. The number of hydrogen-bond donors (Lipinski definition) is 3. The molecule has 2 aromatic rings. The topological polar surface area (TPSA) is 75.7 Å². The Morgan fingerprint density at radius 3 is 2.35 bits per heavy atom. The molecule has 0 fully saturated rings. The first kappa shape index (κ1) is 20.4. The lowest BCUT2D eigenvalue weighted by molar-refractivity contribution is 0.115. The van der Waals surface area contributed by atoms with Gasteiger partial charge in [0.2, 0.25) is 0 Å². The number of aryl methyl sites for hydroxylation is 1. The Labute approximate surface area is 154 Å². The highest BCUT2D eigenvalue weighted by Gasteiger charge is 2.22. The van der Waals surface area contributed by atoms with Crippen molar-refractivity contribution in [1.82, 2.24) is 0 Å². The van der Waals surface area contributed by atoms with Crippen LogP contribution < -0.4 is 10.5 Å². The molecule has 0 aromatic heterocycles. The van der Waals surface area contributed by atoms with E-state index in [9.17, 15) is 14.6 Å². The van der Waals surface area contributed by atoms with E-state index in [0.29, 0.717) is 30.8 Å². The van der Waals surface area contributed by atoms with E-state index in [2.05, 4.69) is 6.92 Å². The van der Waals surface area contributed by atoms with Crippen molar-refractivity contribution in [2.75, 3.05) is 19.8 Å². The van der Waals surface area contributed by atoms with Gasteiger partial charge in [0.05, 0.1) is 25.4 Å². The zero-order valence-corrected chi connectivity index (χ0v) is 15.2. The van der Waals surface area contributed by atoms with Gasteiger partial charge in [0, 0.05) is 11.6 Å². The molecule has 0 unspecified atom stereocenters. The fourth-order valence-electron chi connectivity index (χ4n) is 2.61. The fourth-order valence-corrected chi connectivity index (χ4v) is 2.61. The maximum Gasteiger partial charge on any atom is 0.134 e. The number of unbranched alkanes of at least 4 members (excludes halogenated alkanes) is 1. The molecule has 0 heterocycles. The molecule has 0 aliphatic carbocycles. The number of halogens is 1. The van der Waals surface area contributed by atoms with Crippen molar-refractivity contribution in [2.24, 2.45) is 5.73 Å². The Hall–Kier alpha value is -1.95. The summed E-state index contributed by atoms with van der Waals surface area (Å²) in [6, 6.07) is 12.5. The van der Waals surface area contributed by atoms with Crippen LogP contribution in [-0.2, 0) is 6.42 Å². The van der Waals surface area contributed by atoms with Crippen LogP contribution in [0.4, 0.5) is 4.39 Å². The largest absolute Gasteiger partial charge is 0.493 e. The standard InChI is InChI=1S/C21H28FNO3/c1-2-3-12-26-18-8-9-19(20(22)13-18)17-6-4-16(5-7-17)10-11-21(23,14-24)15-25/h4-9,13,24-25H,2-3,10-12,14-15,23H2,1H3. The first-order chi connectivity index (χ1) is 12.5. The van der Waals surface area contributed by atoms with Gasteiger partial charge < -0.3 is 20.7 Å². The summed E-state index contributed by atoms with van der Waals surface area (Å²) in [5.74, 6) is 0.233. The van der Waals surface area contributed by atoms with Crippen LogP contribution in [0, 0.1) is 5.82 Å². The first-order valence-corrected chi connectivity index (χ1v) is 9.03. The van der Waals surface area contributed by atoms with E-state index in [1.54, 1.807) is 12.1 Å². The van der Waals surface area contributed by atoms with Crippen LogP contribution in [0.25, 0.3) is 11.1 Å². The van der Waals surface area contributed by atoms with Crippen molar-refractivity contribution in [3.63, 3.8) is 0 Å². The van der Waals surface area contributed by atoms with Gasteiger partial charge in [0.1, 0.15) is 11.6 Å². The molecule has 0 bridgehead atoms. The zero-order valence-electron chi connectivity index (χ0n) is 15.2. The molecule has 0 saturated heterocycles. The van der Waals surface area contributed by atoms with Crippen molar-refractivity contribution < 1.29 is 19.3 Å². The highest BCUT2D eigenvalue weighted by Crippen LogP contribution is 2.27. The minimum absolute atomic E-state index is 0.264. The minimum atomic E-state index is -0.974. The van der Waals surface area contributed by atoms with Crippen LogP contribution in [0.1, 0.15) is 31.7 Å². The average Bonchev–Trinajstić information content (AvgIpc) is 2.67. The van der Waals surface area contributed by atoms with E-state index >= 15 is 0 Å². The molecule has 0 spiro atoms. The Morgan fingerprint density at radius 2 is 1.77 bits per heavy atom. The molecule has 2 aromatic carbocycles. The Kier molecular flexibility index (Phi) is 7.57. The molecule has 5 heteroatoms. The zero-order chi connectivity index (χ0) is 19.0. The van der Waals surface area contributed by atoms with Gasteiger partial charge in [-0.25, -0.2) is 4.39 Å². The highest BCUT2D eigenvalue weighted by molar-refractivity contribution is 5.65. The average molecular weight is 361 g/mol. The van der Waals surface area contributed by atoms with Gasteiger partial charge in [-0.15, -0.1) is 0 Å². The molecule has 0 aliphatic heterocycles. The quantitative estimate of drug-likeness (QED) is 0.568. The van der Waals surface area contributed by atoms with Crippen molar-refractivity contribution in [1.29, 1.82) is 0 Å². The number of aliphatic hydroxyl groups is 2. The molecule has 0 saturated carbocycles. The van der Waals surface area contributed by atoms with Gasteiger partial charge in [0.25, 0.3) is 0 Å². The number of nitrogens with two attached hydrogens (primary N) is 1. The molecule has 0 aliphatic rings. The van der Waals surface area contributed by atoms with Crippen LogP contribution in [0.3, 0.4) is 0 Å². The molecular formula is C21H28FNO3. The molecule has 0 radical (unpaired) electrons. The second kappa shape index (κ2) is 9.67. The Balaban J connectivity index is 2.03. The van der Waals surface area contributed by atoms with Crippen molar-refractivity contribution in [2.45, 2.75) is 38.1 Å². The van der Waals surface area contributed by atoms with E-state index in [-0.39, 0.29) is 19.0 Å². The summed E-state index contributed by atoms with van der Waals surface area (Å²) < 4.78 is 19.9. The van der Waals surface area contributed by atoms with E-state index in [4.69, 9.17) is 10.5 Å². The van der Waals surface area contributed by atoms with E-state index in [0.717, 1.165) is 24.0 Å². The van der Waals surface area contributed by atoms with Gasteiger partial charge in [-0.2, -0.15) is 0 Å². The number of benzene rings is 2. The van der Waals surface area contributed by atoms with E-state index in [1.807, 2.05) is 24.3 Å². The van der Waals surface area contributed by atoms with Crippen LogP contribution in [0.5, 0.6) is 5.75 Å². The van der Waals surface area contributed by atoms with Crippen LogP contribution in [0.15, 0.2) is 42.5 Å². The minimum Gasteiger partial charge on any atom is -0.493 e. The predicted octanol–water partition coefficient (Wildman–Crippen LogP) is 3.29. The van der Waals surface area contributed by atoms with Gasteiger partial charge in [0.15, 0.2) is 0 Å². The summed E-state index contributed by atoms with van der Waals surface area (Å²) in [6.07, 6.45) is 3.08. The van der Waals surface area contributed by atoms with Crippen LogP contribution in [0.2, 0.25) is 0 Å². The van der Waals surface area contributed by atoms with Gasteiger partial charge in [-0.05, 0) is 42.5 Å². The summed E-state index contributed by atoms with van der Waals surface area (Å²) >= 11 is 0. The molecular weight excluding hydrogens is 333 g/mol. The lowest BCUT2D eigenvalue weighted by atomic mass is 9.93. The lowest BCUT2D eigenvalue weighted by Crippen LogP contribution is -2.47. The van der Waals surface area contributed by atoms with Gasteiger partial charge >= 0.3 is 0 Å². The summed E-state index contributed by atoms with van der Waals surface area (Å²) in [6.45, 7) is 2.14. The number of aliphatic hydroxyl groups excluding tert-OH is 2. The molecule has 4 N–H and O–H groups in total. The third kappa shape index (κ3) is 5.53. The van der Waals surface area contributed by atoms with Gasteiger partial charge in [-0.3, -0.25) is 0 Å². The number of rotatable bonds is 10. The number of hydrogen-bond acceptors (Lipinski definition) is 4. The Bertz CT molecular complexity index is 684. The summed E-state index contributed by atoms with van der Waals surface area (Å²) in [4.78, 5) is 0. The molecule has 0 amide bonds. The summed E-state index contributed by atoms with van der Waals surface area (Å²) in [7, 11) is 0. The third-order valence-electron chi connectivity index (χ3n) is 4.51. The normalized spacial score (nSPS) is 11.6. The van der Waals surface area contributed by atoms with Crippen molar-refractivity contribution in [3.8, 4) is 16.9 Å². The van der Waals surface area contributed by atoms with Gasteiger partial charge in [-0.1, -0.05) is 37.6 Å².